The van der Waals surface area contributed by atoms with E-state index in [2.05, 4.69) is 36.3 Å². The first kappa shape index (κ1) is 18.2. The smallest absolute Gasteiger partial charge is 0.193 e. The molecule has 1 rings (SSSR count). The number of ether oxygens (including phenoxy) is 1. The Kier molecular flexibility index (Phi) is 8.75. The minimum Gasteiger partial charge on any atom is -0.377 e. The average Bonchev–Trinajstić information content (AvgIpc) is 2.29. The largest absolute Gasteiger partial charge is 0.377 e. The zero-order valence-corrected chi connectivity index (χ0v) is 14.4. The Hall–Kier alpha value is -0.820. The summed E-state index contributed by atoms with van der Waals surface area (Å²) in [5, 5.41) is 3.07. The van der Waals surface area contributed by atoms with Crippen LogP contribution in [-0.2, 0) is 4.74 Å². The highest BCUT2D eigenvalue weighted by Gasteiger charge is 1.98. The Morgan fingerprint density at radius 1 is 1.32 bits per heavy atom. The first-order valence-corrected chi connectivity index (χ1v) is 6.25. The minimum atomic E-state index is 0. The van der Waals surface area contributed by atoms with Crippen molar-refractivity contribution in [3.05, 3.63) is 29.3 Å². The lowest BCUT2D eigenvalue weighted by molar-refractivity contribution is 0.0853. The van der Waals surface area contributed by atoms with E-state index >= 15 is 0 Å². The molecule has 0 bridgehead atoms. The van der Waals surface area contributed by atoms with Crippen LogP contribution in [0.15, 0.2) is 23.2 Å². The van der Waals surface area contributed by atoms with Gasteiger partial charge < -0.3 is 15.8 Å². The first-order chi connectivity index (χ1) is 8.49. The molecule has 0 saturated carbocycles. The molecular formula is C14H24IN3O. The third kappa shape index (κ3) is 7.37. The van der Waals surface area contributed by atoms with E-state index < -0.39 is 0 Å². The number of rotatable bonds is 5. The van der Waals surface area contributed by atoms with Crippen LogP contribution in [0, 0.1) is 13.8 Å². The second kappa shape index (κ2) is 9.14. The molecule has 0 saturated heterocycles. The number of benzene rings is 1. The molecule has 0 spiro atoms. The third-order valence-corrected chi connectivity index (χ3v) is 2.60. The van der Waals surface area contributed by atoms with Gasteiger partial charge in [-0.1, -0.05) is 6.07 Å². The van der Waals surface area contributed by atoms with Gasteiger partial charge in [0.15, 0.2) is 5.96 Å². The van der Waals surface area contributed by atoms with E-state index in [0.29, 0.717) is 19.1 Å². The molecule has 0 amide bonds. The van der Waals surface area contributed by atoms with Gasteiger partial charge in [0, 0.05) is 5.69 Å². The van der Waals surface area contributed by atoms with Crippen molar-refractivity contribution in [1.82, 2.24) is 0 Å². The van der Waals surface area contributed by atoms with Crippen LogP contribution < -0.4 is 11.1 Å². The molecule has 3 N–H and O–H groups in total. The maximum absolute atomic E-state index is 5.79. The van der Waals surface area contributed by atoms with E-state index in [1.54, 1.807) is 0 Å². The molecule has 5 heteroatoms. The molecule has 0 atom stereocenters. The molecule has 0 aliphatic rings. The number of anilines is 1. The molecule has 0 aliphatic carbocycles. The zero-order chi connectivity index (χ0) is 13.5. The van der Waals surface area contributed by atoms with E-state index in [1.807, 2.05) is 19.9 Å². The molecular weight excluding hydrogens is 353 g/mol. The number of nitrogens with zero attached hydrogens (tertiary/aromatic N) is 1. The zero-order valence-electron chi connectivity index (χ0n) is 12.1. The first-order valence-electron chi connectivity index (χ1n) is 6.25. The fraction of sp³-hybridized carbons (Fsp3) is 0.500. The Bertz CT molecular complexity index is 419. The predicted molar refractivity (Wildman–Crippen MR) is 92.5 cm³/mol. The number of hydrogen-bond donors (Lipinski definition) is 2. The number of guanidine groups is 1. The van der Waals surface area contributed by atoms with Crippen LogP contribution in [0.5, 0.6) is 0 Å². The summed E-state index contributed by atoms with van der Waals surface area (Å²) < 4.78 is 5.39. The summed E-state index contributed by atoms with van der Waals surface area (Å²) in [5.41, 5.74) is 9.25. The molecule has 108 valence electrons. The number of nitrogens with two attached hydrogens (primary N) is 1. The van der Waals surface area contributed by atoms with Gasteiger partial charge in [0.05, 0.1) is 19.3 Å². The van der Waals surface area contributed by atoms with Crippen molar-refractivity contribution < 1.29 is 4.74 Å². The Balaban J connectivity index is 0.00000324. The molecule has 0 aromatic heterocycles. The van der Waals surface area contributed by atoms with E-state index in [0.717, 1.165) is 5.69 Å². The number of halogens is 1. The quantitative estimate of drug-likeness (QED) is 0.359. The van der Waals surface area contributed by atoms with Gasteiger partial charge in [-0.3, -0.25) is 4.99 Å². The standard InChI is InChI=1S/C14H23N3O.HI/c1-10(2)18-8-7-16-14(15)17-13-6-5-11(3)12(4)9-13;/h5-6,9-10H,7-8H2,1-4H3,(H3,15,16,17);1H. The molecule has 0 unspecified atom stereocenters. The highest BCUT2D eigenvalue weighted by Crippen LogP contribution is 2.13. The van der Waals surface area contributed by atoms with Gasteiger partial charge in [0.2, 0.25) is 0 Å². The van der Waals surface area contributed by atoms with Gasteiger partial charge in [0.1, 0.15) is 0 Å². The van der Waals surface area contributed by atoms with Gasteiger partial charge >= 0.3 is 0 Å². The number of hydrogen-bond acceptors (Lipinski definition) is 2. The molecule has 1 aromatic rings. The van der Waals surface area contributed by atoms with Crippen molar-refractivity contribution in [2.45, 2.75) is 33.8 Å². The summed E-state index contributed by atoms with van der Waals surface area (Å²) in [6, 6.07) is 6.12. The summed E-state index contributed by atoms with van der Waals surface area (Å²) in [7, 11) is 0. The normalized spacial score (nSPS) is 11.3. The van der Waals surface area contributed by atoms with Crippen LogP contribution in [0.2, 0.25) is 0 Å². The minimum absolute atomic E-state index is 0. The maximum atomic E-state index is 5.79. The van der Waals surface area contributed by atoms with Crippen LogP contribution in [0.1, 0.15) is 25.0 Å². The molecule has 0 fully saturated rings. The summed E-state index contributed by atoms with van der Waals surface area (Å²) in [5.74, 6) is 0.422. The van der Waals surface area contributed by atoms with Gasteiger partial charge in [-0.2, -0.15) is 0 Å². The Labute approximate surface area is 132 Å². The van der Waals surface area contributed by atoms with Crippen molar-refractivity contribution in [3.8, 4) is 0 Å². The van der Waals surface area contributed by atoms with Crippen LogP contribution in [0.25, 0.3) is 0 Å². The van der Waals surface area contributed by atoms with Gasteiger partial charge in [-0.15, -0.1) is 24.0 Å². The second-order valence-corrected chi connectivity index (χ2v) is 4.61. The molecule has 4 nitrogen and oxygen atoms in total. The fourth-order valence-electron chi connectivity index (χ4n) is 1.46. The SMILES string of the molecule is Cc1ccc(NC(N)=NCCOC(C)C)cc1C.I. The fourth-order valence-corrected chi connectivity index (χ4v) is 1.46. The highest BCUT2D eigenvalue weighted by molar-refractivity contribution is 14.0. The van der Waals surface area contributed by atoms with Crippen molar-refractivity contribution in [3.63, 3.8) is 0 Å². The van der Waals surface area contributed by atoms with E-state index in [-0.39, 0.29) is 30.1 Å². The molecule has 0 heterocycles. The third-order valence-electron chi connectivity index (χ3n) is 2.60. The van der Waals surface area contributed by atoms with Crippen molar-refractivity contribution in [2.24, 2.45) is 10.7 Å². The number of aryl methyl sites for hydroxylation is 2. The van der Waals surface area contributed by atoms with Crippen LogP contribution in [-0.4, -0.2) is 25.2 Å². The van der Waals surface area contributed by atoms with Crippen molar-refractivity contribution in [1.29, 1.82) is 0 Å². The van der Waals surface area contributed by atoms with Gasteiger partial charge in [-0.05, 0) is 51.0 Å². The highest BCUT2D eigenvalue weighted by atomic mass is 127. The van der Waals surface area contributed by atoms with E-state index in [9.17, 15) is 0 Å². The van der Waals surface area contributed by atoms with E-state index in [1.165, 1.54) is 11.1 Å². The topological polar surface area (TPSA) is 59.6 Å². The van der Waals surface area contributed by atoms with E-state index in [4.69, 9.17) is 10.5 Å². The lowest BCUT2D eigenvalue weighted by Crippen LogP contribution is -2.23. The monoisotopic (exact) mass is 377 g/mol. The lowest BCUT2D eigenvalue weighted by Gasteiger charge is -2.09. The van der Waals surface area contributed by atoms with Gasteiger partial charge in [-0.25, -0.2) is 0 Å². The molecule has 0 aliphatic heterocycles. The van der Waals surface area contributed by atoms with Crippen LogP contribution >= 0.6 is 24.0 Å². The average molecular weight is 377 g/mol. The summed E-state index contributed by atoms with van der Waals surface area (Å²) in [6.45, 7) is 9.32. The maximum Gasteiger partial charge on any atom is 0.193 e. The Morgan fingerprint density at radius 3 is 2.58 bits per heavy atom. The summed E-state index contributed by atoms with van der Waals surface area (Å²) in [6.07, 6.45) is 0.231. The van der Waals surface area contributed by atoms with Crippen molar-refractivity contribution >= 4 is 35.6 Å². The van der Waals surface area contributed by atoms with Crippen LogP contribution in [0.4, 0.5) is 5.69 Å². The summed E-state index contributed by atoms with van der Waals surface area (Å²) >= 11 is 0. The second-order valence-electron chi connectivity index (χ2n) is 4.61. The molecule has 1 aromatic carbocycles. The lowest BCUT2D eigenvalue weighted by atomic mass is 10.1. The molecule has 19 heavy (non-hydrogen) atoms. The number of aliphatic imine (C=N–C) groups is 1. The molecule has 0 radical (unpaired) electrons. The summed E-state index contributed by atoms with van der Waals surface area (Å²) in [4.78, 5) is 4.20. The predicted octanol–water partition coefficient (Wildman–Crippen LogP) is 3.07. The van der Waals surface area contributed by atoms with Gasteiger partial charge in [0.25, 0.3) is 0 Å². The van der Waals surface area contributed by atoms with Crippen LogP contribution in [0.3, 0.4) is 0 Å². The van der Waals surface area contributed by atoms with Crippen molar-refractivity contribution in [2.75, 3.05) is 18.5 Å². The Morgan fingerprint density at radius 2 is 2.00 bits per heavy atom. The number of nitrogens with one attached hydrogen (secondary N) is 1.